The zero-order valence-electron chi connectivity index (χ0n) is 18.0. The molecule has 0 aliphatic rings. The van der Waals surface area contributed by atoms with Crippen molar-refractivity contribution in [3.63, 3.8) is 0 Å². The Labute approximate surface area is 210 Å². The highest BCUT2D eigenvalue weighted by atomic mass is 79.9. The number of amides is 2. The van der Waals surface area contributed by atoms with Gasteiger partial charge in [0, 0.05) is 51.0 Å². The molecule has 0 unspecified atom stereocenters. The summed E-state index contributed by atoms with van der Waals surface area (Å²) in [5, 5.41) is 39.5. The van der Waals surface area contributed by atoms with Crippen LogP contribution in [0.1, 0.15) is 31.8 Å². The van der Waals surface area contributed by atoms with Crippen LogP contribution in [-0.4, -0.2) is 39.2 Å². The molecule has 14 heteroatoms. The number of hydrazone groups is 2. The van der Waals surface area contributed by atoms with Crippen LogP contribution in [-0.2, 0) is 0 Å². The summed E-state index contributed by atoms with van der Waals surface area (Å²) in [5.41, 5.74) is 4.88. The van der Waals surface area contributed by atoms with Crippen LogP contribution in [0.2, 0.25) is 0 Å². The van der Waals surface area contributed by atoms with Crippen LogP contribution in [0, 0.1) is 20.2 Å². The number of hydrogen-bond acceptors (Lipinski definition) is 9. The van der Waals surface area contributed by atoms with E-state index in [1.54, 1.807) is 0 Å². The first-order valence-electron chi connectivity index (χ1n) is 9.84. The lowest BCUT2D eigenvalue weighted by atomic mass is 10.1. The van der Waals surface area contributed by atoms with E-state index in [4.69, 9.17) is 0 Å². The van der Waals surface area contributed by atoms with Gasteiger partial charge < -0.3 is 5.11 Å². The van der Waals surface area contributed by atoms with Crippen molar-refractivity contribution in [2.75, 3.05) is 0 Å². The van der Waals surface area contributed by atoms with E-state index in [1.807, 2.05) is 0 Å². The summed E-state index contributed by atoms with van der Waals surface area (Å²) in [6.07, 6.45) is 2.35. The molecule has 0 bridgehead atoms. The van der Waals surface area contributed by atoms with Gasteiger partial charge in [-0.25, -0.2) is 10.9 Å². The number of phenolic OH excluding ortho intramolecular Hbond substituents is 1. The topological polar surface area (TPSA) is 189 Å². The highest BCUT2D eigenvalue weighted by Crippen LogP contribution is 2.25. The maximum Gasteiger partial charge on any atom is 0.271 e. The average Bonchev–Trinajstić information content (AvgIpc) is 2.86. The zero-order valence-corrected chi connectivity index (χ0v) is 19.6. The Bertz CT molecular complexity index is 1290. The van der Waals surface area contributed by atoms with Gasteiger partial charge in [0.1, 0.15) is 5.75 Å². The van der Waals surface area contributed by atoms with E-state index < -0.39 is 21.7 Å². The summed E-state index contributed by atoms with van der Waals surface area (Å²) in [6, 6.07) is 12.9. The minimum atomic E-state index is -0.619. The van der Waals surface area contributed by atoms with Gasteiger partial charge in [0.05, 0.1) is 22.3 Å². The highest BCUT2D eigenvalue weighted by Gasteiger charge is 2.11. The number of carbonyl (C=O) groups excluding carboxylic acids is 2. The molecule has 0 saturated carbocycles. The average molecular weight is 555 g/mol. The summed E-state index contributed by atoms with van der Waals surface area (Å²) < 4.78 is 0.534. The Morgan fingerprint density at radius 3 is 1.47 bits per heavy atom. The number of rotatable bonds is 8. The smallest absolute Gasteiger partial charge is 0.271 e. The van der Waals surface area contributed by atoms with Gasteiger partial charge in [-0.1, -0.05) is 15.9 Å². The number of nitrogens with zero attached hydrogens (tertiary/aromatic N) is 4. The van der Waals surface area contributed by atoms with Crippen molar-refractivity contribution < 1.29 is 24.5 Å². The van der Waals surface area contributed by atoms with Crippen molar-refractivity contribution in [2.24, 2.45) is 10.2 Å². The fourth-order valence-corrected chi connectivity index (χ4v) is 3.25. The maximum absolute atomic E-state index is 12.1. The second-order valence-electron chi connectivity index (χ2n) is 6.94. The van der Waals surface area contributed by atoms with Crippen molar-refractivity contribution in [2.45, 2.75) is 0 Å². The standard InChI is InChI=1S/C22H15BrN6O7/c23-17-9-15(11-24-26-21(31)13-1-5-18(6-2-13)28(33)34)20(30)16(10-17)12-25-27-22(32)14-3-7-19(8-4-14)29(35)36/h1-12,30H,(H,26,31)(H,27,32). The molecule has 182 valence electrons. The Morgan fingerprint density at radius 2 is 1.14 bits per heavy atom. The summed E-state index contributed by atoms with van der Waals surface area (Å²) in [5.74, 6) is -1.49. The van der Waals surface area contributed by atoms with Crippen LogP contribution in [0.3, 0.4) is 0 Å². The summed E-state index contributed by atoms with van der Waals surface area (Å²) in [7, 11) is 0. The molecule has 0 radical (unpaired) electrons. The molecule has 36 heavy (non-hydrogen) atoms. The fourth-order valence-electron chi connectivity index (χ4n) is 2.76. The van der Waals surface area contributed by atoms with Crippen LogP contribution >= 0.6 is 15.9 Å². The third kappa shape index (κ3) is 6.54. The molecule has 0 fully saturated rings. The van der Waals surface area contributed by atoms with Crippen LogP contribution in [0.15, 0.2) is 75.3 Å². The Balaban J connectivity index is 1.66. The normalized spacial score (nSPS) is 10.9. The van der Waals surface area contributed by atoms with Crippen molar-refractivity contribution in [1.82, 2.24) is 10.9 Å². The molecule has 0 aliphatic carbocycles. The van der Waals surface area contributed by atoms with Gasteiger partial charge in [0.25, 0.3) is 23.2 Å². The number of nitrogens with one attached hydrogen (secondary N) is 2. The van der Waals surface area contributed by atoms with E-state index in [2.05, 4.69) is 37.0 Å². The number of phenols is 1. The first-order valence-corrected chi connectivity index (χ1v) is 10.6. The Morgan fingerprint density at radius 1 is 0.778 bits per heavy atom. The number of halogens is 1. The second kappa shape index (κ2) is 11.4. The van der Waals surface area contributed by atoms with Crippen molar-refractivity contribution in [3.8, 4) is 5.75 Å². The van der Waals surface area contributed by atoms with Crippen molar-refractivity contribution >= 4 is 51.5 Å². The predicted octanol–water partition coefficient (Wildman–Crippen LogP) is 3.50. The number of carbonyl (C=O) groups is 2. The van der Waals surface area contributed by atoms with Crippen LogP contribution < -0.4 is 10.9 Å². The predicted molar refractivity (Wildman–Crippen MR) is 132 cm³/mol. The van der Waals surface area contributed by atoms with Crippen LogP contribution in [0.4, 0.5) is 11.4 Å². The lowest BCUT2D eigenvalue weighted by molar-refractivity contribution is -0.385. The monoisotopic (exact) mass is 554 g/mol. The molecular weight excluding hydrogens is 540 g/mol. The van der Waals surface area contributed by atoms with E-state index in [0.717, 1.165) is 0 Å². The zero-order chi connectivity index (χ0) is 26.2. The summed E-state index contributed by atoms with van der Waals surface area (Å²) >= 11 is 3.28. The van der Waals surface area contributed by atoms with E-state index in [9.17, 15) is 34.9 Å². The Kier molecular flexibility index (Phi) is 8.14. The minimum absolute atomic E-state index is 0.146. The third-order valence-corrected chi connectivity index (χ3v) is 5.01. The van der Waals surface area contributed by atoms with Gasteiger partial charge in [-0.15, -0.1) is 0 Å². The molecule has 3 aromatic rings. The largest absolute Gasteiger partial charge is 0.507 e. The summed E-state index contributed by atoms with van der Waals surface area (Å²) in [4.78, 5) is 44.5. The van der Waals surface area contributed by atoms with Gasteiger partial charge in [0.2, 0.25) is 0 Å². The molecule has 13 nitrogen and oxygen atoms in total. The molecule has 0 spiro atoms. The third-order valence-electron chi connectivity index (χ3n) is 4.55. The maximum atomic E-state index is 12.1. The van der Waals surface area contributed by atoms with Crippen molar-refractivity contribution in [3.05, 3.63) is 108 Å². The van der Waals surface area contributed by atoms with Crippen LogP contribution in [0.5, 0.6) is 5.75 Å². The molecule has 3 N–H and O–H groups in total. The summed E-state index contributed by atoms with van der Waals surface area (Å²) in [6.45, 7) is 0. The van der Waals surface area contributed by atoms with E-state index in [1.165, 1.54) is 73.1 Å². The number of hydrogen-bond donors (Lipinski definition) is 3. The van der Waals surface area contributed by atoms with Crippen molar-refractivity contribution in [1.29, 1.82) is 0 Å². The quantitative estimate of drug-likeness (QED) is 0.215. The van der Waals surface area contributed by atoms with Gasteiger partial charge in [-0.3, -0.25) is 29.8 Å². The SMILES string of the molecule is O=C(NN=Cc1cc(Br)cc(C=NNC(=O)c2ccc([N+](=O)[O-])cc2)c1O)c1ccc([N+](=O)[O-])cc1. The first kappa shape index (κ1) is 25.6. The second-order valence-corrected chi connectivity index (χ2v) is 7.85. The Hall–Kier alpha value is -4.98. The van der Waals surface area contributed by atoms with Gasteiger partial charge >= 0.3 is 0 Å². The molecule has 0 heterocycles. The molecule has 2 amide bonds. The van der Waals surface area contributed by atoms with Crippen LogP contribution in [0.25, 0.3) is 0 Å². The molecule has 0 aliphatic heterocycles. The number of non-ortho nitro benzene ring substituents is 2. The molecule has 0 saturated heterocycles. The molecule has 0 aromatic heterocycles. The van der Waals surface area contributed by atoms with Gasteiger partial charge in [0.15, 0.2) is 0 Å². The number of nitro groups is 2. The van der Waals surface area contributed by atoms with Gasteiger partial charge in [-0.05, 0) is 36.4 Å². The van der Waals surface area contributed by atoms with E-state index in [0.29, 0.717) is 4.47 Å². The minimum Gasteiger partial charge on any atom is -0.507 e. The van der Waals surface area contributed by atoms with E-state index in [-0.39, 0.29) is 39.4 Å². The molecule has 3 rings (SSSR count). The number of nitro benzene ring substituents is 2. The number of aromatic hydroxyl groups is 1. The van der Waals surface area contributed by atoms with Gasteiger partial charge in [-0.2, -0.15) is 10.2 Å². The number of benzene rings is 3. The lowest BCUT2D eigenvalue weighted by Crippen LogP contribution is -2.17. The first-order chi connectivity index (χ1) is 17.2. The molecule has 0 atom stereocenters. The molecular formula is C22H15BrN6O7. The highest BCUT2D eigenvalue weighted by molar-refractivity contribution is 9.10. The fraction of sp³-hybridized carbons (Fsp3) is 0. The molecule has 3 aromatic carbocycles. The van der Waals surface area contributed by atoms with E-state index >= 15 is 0 Å². The lowest BCUT2D eigenvalue weighted by Gasteiger charge is -2.05.